The Kier molecular flexibility index (Phi) is 4.77. The lowest BCUT2D eigenvalue weighted by atomic mass is 10.1. The Morgan fingerprint density at radius 1 is 1.21 bits per heavy atom. The molecule has 0 saturated heterocycles. The predicted octanol–water partition coefficient (Wildman–Crippen LogP) is 2.81. The minimum absolute atomic E-state index is 0.0800. The van der Waals surface area contributed by atoms with Gasteiger partial charge in [-0.3, -0.25) is 9.59 Å². The van der Waals surface area contributed by atoms with Gasteiger partial charge in [-0.2, -0.15) is 0 Å². The van der Waals surface area contributed by atoms with Gasteiger partial charge in [-0.1, -0.05) is 18.2 Å². The number of amides is 2. The second-order valence-electron chi connectivity index (χ2n) is 6.99. The molecular formula is C22H23N3O3. The smallest absolute Gasteiger partial charge is 0.255 e. The average molecular weight is 377 g/mol. The fourth-order valence-electron chi connectivity index (χ4n) is 3.68. The molecule has 2 heterocycles. The van der Waals surface area contributed by atoms with E-state index in [2.05, 4.69) is 9.88 Å². The van der Waals surface area contributed by atoms with Gasteiger partial charge in [0.05, 0.1) is 7.11 Å². The quantitative estimate of drug-likeness (QED) is 0.718. The van der Waals surface area contributed by atoms with Crippen LogP contribution in [0.4, 0.5) is 0 Å². The minimum atomic E-state index is -0.509. The zero-order valence-corrected chi connectivity index (χ0v) is 16.0. The van der Waals surface area contributed by atoms with Gasteiger partial charge < -0.3 is 19.5 Å². The van der Waals surface area contributed by atoms with Gasteiger partial charge in [0, 0.05) is 42.3 Å². The second kappa shape index (κ2) is 7.38. The summed E-state index contributed by atoms with van der Waals surface area (Å²) >= 11 is 0. The van der Waals surface area contributed by atoms with E-state index in [1.165, 1.54) is 0 Å². The molecule has 0 radical (unpaired) electrons. The van der Waals surface area contributed by atoms with Crippen LogP contribution in [0.15, 0.2) is 54.7 Å². The van der Waals surface area contributed by atoms with Crippen molar-refractivity contribution in [2.45, 2.75) is 26.1 Å². The summed E-state index contributed by atoms with van der Waals surface area (Å²) < 4.78 is 7.35. The van der Waals surface area contributed by atoms with Crippen LogP contribution in [-0.2, 0) is 17.9 Å². The average Bonchev–Trinajstić information content (AvgIpc) is 3.28. The summed E-state index contributed by atoms with van der Waals surface area (Å²) in [6.07, 6.45) is 2.00. The molecule has 2 aromatic carbocycles. The number of carbonyl (C=O) groups excluding carboxylic acids is 2. The van der Waals surface area contributed by atoms with E-state index in [4.69, 9.17) is 4.74 Å². The zero-order chi connectivity index (χ0) is 19.7. The monoisotopic (exact) mass is 377 g/mol. The van der Waals surface area contributed by atoms with Gasteiger partial charge in [0.15, 0.2) is 0 Å². The highest BCUT2D eigenvalue weighted by Crippen LogP contribution is 2.24. The number of ether oxygens (including phenoxy) is 1. The molecule has 28 heavy (non-hydrogen) atoms. The molecule has 6 heteroatoms. The highest BCUT2D eigenvalue weighted by molar-refractivity contribution is 6.01. The van der Waals surface area contributed by atoms with Crippen LogP contribution in [0.3, 0.4) is 0 Å². The van der Waals surface area contributed by atoms with E-state index in [1.54, 1.807) is 18.9 Å². The SMILES string of the molecule is COc1ccc2c(ccn2CCNC(=O)[C@H](C)N2Cc3ccccc3C2=O)c1. The van der Waals surface area contributed by atoms with Crippen LogP contribution in [0, 0.1) is 0 Å². The zero-order valence-electron chi connectivity index (χ0n) is 16.0. The second-order valence-corrected chi connectivity index (χ2v) is 6.99. The topological polar surface area (TPSA) is 63.6 Å². The molecule has 0 spiro atoms. The van der Waals surface area contributed by atoms with Gasteiger partial charge in [-0.15, -0.1) is 0 Å². The Morgan fingerprint density at radius 2 is 2.04 bits per heavy atom. The molecule has 144 valence electrons. The number of aromatic nitrogens is 1. The molecule has 3 aromatic rings. The van der Waals surface area contributed by atoms with E-state index < -0.39 is 6.04 Å². The van der Waals surface area contributed by atoms with Crippen molar-refractivity contribution in [1.29, 1.82) is 0 Å². The summed E-state index contributed by atoms with van der Waals surface area (Å²) in [5.74, 6) is 0.603. The number of rotatable bonds is 6. The maximum atomic E-state index is 12.6. The van der Waals surface area contributed by atoms with Crippen LogP contribution < -0.4 is 10.1 Å². The third-order valence-corrected chi connectivity index (χ3v) is 5.33. The van der Waals surface area contributed by atoms with Crippen molar-refractivity contribution >= 4 is 22.7 Å². The maximum absolute atomic E-state index is 12.6. The summed E-state index contributed by atoms with van der Waals surface area (Å²) in [7, 11) is 1.65. The maximum Gasteiger partial charge on any atom is 0.255 e. The number of nitrogens with zero attached hydrogens (tertiary/aromatic N) is 2. The Labute approximate surface area is 163 Å². The van der Waals surface area contributed by atoms with E-state index in [1.807, 2.05) is 54.7 Å². The first-order chi connectivity index (χ1) is 13.6. The van der Waals surface area contributed by atoms with Crippen LogP contribution >= 0.6 is 0 Å². The van der Waals surface area contributed by atoms with Crippen LogP contribution in [-0.4, -0.2) is 41.0 Å². The molecule has 4 rings (SSSR count). The molecule has 1 N–H and O–H groups in total. The summed E-state index contributed by atoms with van der Waals surface area (Å²) in [6, 6.07) is 15.0. The molecular weight excluding hydrogens is 354 g/mol. The molecule has 0 fully saturated rings. The van der Waals surface area contributed by atoms with Crippen molar-refractivity contribution in [1.82, 2.24) is 14.8 Å². The van der Waals surface area contributed by atoms with Gasteiger partial charge in [0.2, 0.25) is 5.91 Å². The Bertz CT molecular complexity index is 1040. The number of methoxy groups -OCH3 is 1. The third-order valence-electron chi connectivity index (χ3n) is 5.33. The molecule has 1 aromatic heterocycles. The first-order valence-electron chi connectivity index (χ1n) is 9.38. The number of hydrogen-bond donors (Lipinski definition) is 1. The number of carbonyl (C=O) groups is 2. The lowest BCUT2D eigenvalue weighted by Gasteiger charge is -2.23. The molecule has 2 amide bonds. The van der Waals surface area contributed by atoms with E-state index in [9.17, 15) is 9.59 Å². The van der Waals surface area contributed by atoms with Crippen LogP contribution in [0.5, 0.6) is 5.75 Å². The third kappa shape index (κ3) is 3.22. The van der Waals surface area contributed by atoms with Crippen molar-refractivity contribution in [3.8, 4) is 5.75 Å². The van der Waals surface area contributed by atoms with Crippen LogP contribution in [0.2, 0.25) is 0 Å². The van der Waals surface area contributed by atoms with Gasteiger partial charge in [0.1, 0.15) is 11.8 Å². The van der Waals surface area contributed by atoms with Gasteiger partial charge in [-0.05, 0) is 42.8 Å². The van der Waals surface area contributed by atoms with Crippen molar-refractivity contribution in [3.63, 3.8) is 0 Å². The number of hydrogen-bond acceptors (Lipinski definition) is 3. The van der Waals surface area contributed by atoms with E-state index in [0.717, 1.165) is 22.2 Å². The number of nitrogens with one attached hydrogen (secondary N) is 1. The van der Waals surface area contributed by atoms with Crippen molar-refractivity contribution in [2.24, 2.45) is 0 Å². The van der Waals surface area contributed by atoms with Gasteiger partial charge >= 0.3 is 0 Å². The molecule has 1 aliphatic rings. The lowest BCUT2D eigenvalue weighted by molar-refractivity contribution is -0.125. The number of fused-ring (bicyclic) bond motifs is 2. The summed E-state index contributed by atoms with van der Waals surface area (Å²) in [5, 5.41) is 4.05. The van der Waals surface area contributed by atoms with Crippen molar-refractivity contribution in [2.75, 3.05) is 13.7 Å². The summed E-state index contributed by atoms with van der Waals surface area (Å²) in [5.41, 5.74) is 2.76. The molecule has 6 nitrogen and oxygen atoms in total. The van der Waals surface area contributed by atoms with Gasteiger partial charge in [-0.25, -0.2) is 0 Å². The van der Waals surface area contributed by atoms with E-state index in [-0.39, 0.29) is 11.8 Å². The Balaban J connectivity index is 1.36. The summed E-state index contributed by atoms with van der Waals surface area (Å²) in [6.45, 7) is 3.40. The van der Waals surface area contributed by atoms with Crippen molar-refractivity contribution < 1.29 is 14.3 Å². The molecule has 1 atom stereocenters. The molecule has 0 unspecified atom stereocenters. The van der Waals surface area contributed by atoms with Crippen LogP contribution in [0.25, 0.3) is 10.9 Å². The highest BCUT2D eigenvalue weighted by Gasteiger charge is 2.33. The van der Waals surface area contributed by atoms with Crippen LogP contribution in [0.1, 0.15) is 22.8 Å². The highest BCUT2D eigenvalue weighted by atomic mass is 16.5. The number of benzene rings is 2. The standard InChI is InChI=1S/C22H23N3O3/c1-15(25-14-17-5-3-4-6-19(17)22(25)27)21(26)23-10-12-24-11-9-16-13-18(28-2)7-8-20(16)24/h3-9,11,13,15H,10,12,14H2,1-2H3,(H,23,26)/t15-/m0/s1. The van der Waals surface area contributed by atoms with Crippen molar-refractivity contribution in [3.05, 3.63) is 65.9 Å². The largest absolute Gasteiger partial charge is 0.497 e. The fraction of sp³-hybridized carbons (Fsp3) is 0.273. The molecule has 0 aliphatic carbocycles. The first kappa shape index (κ1) is 18.1. The summed E-state index contributed by atoms with van der Waals surface area (Å²) in [4.78, 5) is 26.7. The van der Waals surface area contributed by atoms with E-state index in [0.29, 0.717) is 25.2 Å². The Hall–Kier alpha value is -3.28. The lowest BCUT2D eigenvalue weighted by Crippen LogP contribution is -2.45. The fourth-order valence-corrected chi connectivity index (χ4v) is 3.68. The molecule has 1 aliphatic heterocycles. The minimum Gasteiger partial charge on any atom is -0.497 e. The first-order valence-corrected chi connectivity index (χ1v) is 9.38. The predicted molar refractivity (Wildman–Crippen MR) is 107 cm³/mol. The molecule has 0 bridgehead atoms. The Morgan fingerprint density at radius 3 is 2.82 bits per heavy atom. The van der Waals surface area contributed by atoms with E-state index >= 15 is 0 Å². The molecule has 0 saturated carbocycles. The van der Waals surface area contributed by atoms with Gasteiger partial charge in [0.25, 0.3) is 5.91 Å². The normalized spacial score (nSPS) is 14.2.